The number of hydrogen-bond acceptors (Lipinski definition) is 5. The molecule has 3 rings (SSSR count). The summed E-state index contributed by atoms with van der Waals surface area (Å²) in [7, 11) is 0. The number of halogens is 1. The molecule has 2 N–H and O–H groups in total. The van der Waals surface area contributed by atoms with Crippen molar-refractivity contribution in [1.82, 2.24) is 10.9 Å². The Balaban J connectivity index is 1.67. The number of hydrazine groups is 1. The van der Waals surface area contributed by atoms with Gasteiger partial charge in [-0.2, -0.15) is 0 Å². The first-order valence-electron chi connectivity index (χ1n) is 8.12. The lowest BCUT2D eigenvalue weighted by molar-refractivity contribution is -0.384. The largest absolute Gasteiger partial charge is 0.279 e. The van der Waals surface area contributed by atoms with Crippen molar-refractivity contribution in [2.75, 3.05) is 0 Å². The summed E-state index contributed by atoms with van der Waals surface area (Å²) in [4.78, 5) is 36.4. The Hall–Kier alpha value is -2.45. The first kappa shape index (κ1) is 18.3. The van der Waals surface area contributed by atoms with Crippen molar-refractivity contribution in [2.24, 2.45) is 0 Å². The smallest absolute Gasteiger partial charge is 0.267 e. The van der Waals surface area contributed by atoms with Gasteiger partial charge in [0.15, 0.2) is 0 Å². The quantitative estimate of drug-likeness (QED) is 0.472. The number of rotatable bonds is 3. The van der Waals surface area contributed by atoms with Crippen LogP contribution in [0.25, 0.3) is 0 Å². The zero-order valence-electron chi connectivity index (χ0n) is 13.7. The van der Waals surface area contributed by atoms with Crippen LogP contribution < -0.4 is 10.9 Å². The minimum absolute atomic E-state index is 0.0604. The number of aryl methyl sites for hydroxylation is 2. The monoisotopic (exact) mass is 393 g/mol. The Kier molecular flexibility index (Phi) is 5.53. The van der Waals surface area contributed by atoms with Gasteiger partial charge in [-0.05, 0) is 43.4 Å². The number of nitro benzene ring substituents is 1. The highest BCUT2D eigenvalue weighted by molar-refractivity contribution is 7.14. The third-order valence-corrected chi connectivity index (χ3v) is 5.73. The first-order valence-corrected chi connectivity index (χ1v) is 9.31. The fraction of sp³-hybridized carbons (Fsp3) is 0.294. The molecular formula is C17H16ClN3O4S. The number of non-ortho nitro benzene ring substituents is 1. The number of carbonyl (C=O) groups excluding carboxylic acids is 2. The summed E-state index contributed by atoms with van der Waals surface area (Å²) in [6, 6.07) is 5.41. The van der Waals surface area contributed by atoms with Gasteiger partial charge in [0, 0.05) is 17.0 Å². The average molecular weight is 394 g/mol. The number of nitro groups is 1. The lowest BCUT2D eigenvalue weighted by atomic mass is 10.1. The van der Waals surface area contributed by atoms with Gasteiger partial charge in [0.25, 0.3) is 17.5 Å². The molecule has 0 unspecified atom stereocenters. The van der Waals surface area contributed by atoms with Gasteiger partial charge in [0.2, 0.25) is 0 Å². The van der Waals surface area contributed by atoms with Crippen LogP contribution in [0.5, 0.6) is 0 Å². The molecule has 1 aliphatic carbocycles. The second-order valence-corrected chi connectivity index (χ2v) is 7.49. The molecule has 0 saturated heterocycles. The SMILES string of the molecule is O=C(NNC(=O)c1cc([N+](=O)[O-])ccc1Cl)c1cc2c(s1)CCCCC2. The van der Waals surface area contributed by atoms with E-state index in [0.29, 0.717) is 4.88 Å². The number of nitrogens with one attached hydrogen (secondary N) is 2. The molecule has 1 aliphatic rings. The molecule has 0 atom stereocenters. The van der Waals surface area contributed by atoms with Crippen LogP contribution in [0, 0.1) is 10.1 Å². The second-order valence-electron chi connectivity index (χ2n) is 5.95. The number of fused-ring (bicyclic) bond motifs is 1. The first-order chi connectivity index (χ1) is 12.5. The molecule has 26 heavy (non-hydrogen) atoms. The highest BCUT2D eigenvalue weighted by Gasteiger charge is 2.19. The Bertz CT molecular complexity index is 857. The van der Waals surface area contributed by atoms with Gasteiger partial charge in [-0.25, -0.2) is 0 Å². The highest BCUT2D eigenvalue weighted by atomic mass is 35.5. The molecule has 0 radical (unpaired) electrons. The van der Waals surface area contributed by atoms with E-state index in [1.54, 1.807) is 0 Å². The molecule has 7 nitrogen and oxygen atoms in total. The predicted octanol–water partition coefficient (Wildman–Crippen LogP) is 3.65. The van der Waals surface area contributed by atoms with Crippen molar-refractivity contribution < 1.29 is 14.5 Å². The van der Waals surface area contributed by atoms with Crippen LogP contribution in [0.4, 0.5) is 5.69 Å². The normalized spacial score (nSPS) is 13.4. The Labute approximate surface area is 158 Å². The van der Waals surface area contributed by atoms with Crippen molar-refractivity contribution in [1.29, 1.82) is 0 Å². The van der Waals surface area contributed by atoms with E-state index in [2.05, 4.69) is 10.9 Å². The van der Waals surface area contributed by atoms with Crippen LogP contribution in [0.1, 0.15) is 49.7 Å². The Morgan fingerprint density at radius 2 is 1.81 bits per heavy atom. The summed E-state index contributed by atoms with van der Waals surface area (Å²) in [5.41, 5.74) is 5.46. The lowest BCUT2D eigenvalue weighted by Gasteiger charge is -2.07. The highest BCUT2D eigenvalue weighted by Crippen LogP contribution is 2.29. The summed E-state index contributed by atoms with van der Waals surface area (Å²) >= 11 is 7.35. The van der Waals surface area contributed by atoms with Crippen molar-refractivity contribution in [3.05, 3.63) is 60.3 Å². The average Bonchev–Trinajstić information content (AvgIpc) is 2.90. The van der Waals surface area contributed by atoms with Crippen LogP contribution in [-0.2, 0) is 12.8 Å². The fourth-order valence-corrected chi connectivity index (χ4v) is 4.17. The number of nitrogens with zero attached hydrogens (tertiary/aromatic N) is 1. The molecule has 2 amide bonds. The van der Waals surface area contributed by atoms with E-state index >= 15 is 0 Å². The van der Waals surface area contributed by atoms with Crippen molar-refractivity contribution in [2.45, 2.75) is 32.1 Å². The second kappa shape index (κ2) is 7.84. The van der Waals surface area contributed by atoms with E-state index in [1.165, 1.54) is 40.3 Å². The van der Waals surface area contributed by atoms with Crippen molar-refractivity contribution in [3.8, 4) is 0 Å². The number of benzene rings is 1. The van der Waals surface area contributed by atoms with Gasteiger partial charge in [-0.3, -0.25) is 30.6 Å². The molecule has 0 fully saturated rings. The summed E-state index contributed by atoms with van der Waals surface area (Å²) in [6.45, 7) is 0. The Morgan fingerprint density at radius 3 is 2.58 bits per heavy atom. The molecule has 136 valence electrons. The molecule has 1 heterocycles. The number of hydrogen-bond donors (Lipinski definition) is 2. The fourth-order valence-electron chi connectivity index (χ4n) is 2.82. The molecule has 0 saturated carbocycles. The van der Waals surface area contributed by atoms with Crippen LogP contribution >= 0.6 is 22.9 Å². The maximum Gasteiger partial charge on any atom is 0.279 e. The molecule has 9 heteroatoms. The van der Waals surface area contributed by atoms with E-state index < -0.39 is 16.7 Å². The van der Waals surface area contributed by atoms with Crippen LogP contribution in [0.15, 0.2) is 24.3 Å². The van der Waals surface area contributed by atoms with E-state index in [9.17, 15) is 19.7 Å². The standard InChI is InChI=1S/C17H16ClN3O4S/c18-13-7-6-11(21(24)25)9-12(13)16(22)19-20-17(23)15-8-10-4-2-1-3-5-14(10)26-15/h6-9H,1-5H2,(H,19,22)(H,20,23). The summed E-state index contributed by atoms with van der Waals surface area (Å²) in [6.07, 6.45) is 5.38. The van der Waals surface area contributed by atoms with Crippen LogP contribution in [-0.4, -0.2) is 16.7 Å². The number of amides is 2. The van der Waals surface area contributed by atoms with Gasteiger partial charge in [0.1, 0.15) is 0 Å². The van der Waals surface area contributed by atoms with Crippen molar-refractivity contribution >= 4 is 40.4 Å². The number of carbonyl (C=O) groups is 2. The van der Waals surface area contributed by atoms with Crippen LogP contribution in [0.3, 0.4) is 0 Å². The molecular weight excluding hydrogens is 378 g/mol. The van der Waals surface area contributed by atoms with Gasteiger partial charge >= 0.3 is 0 Å². The van der Waals surface area contributed by atoms with Gasteiger partial charge in [0.05, 0.1) is 20.4 Å². The van der Waals surface area contributed by atoms with Crippen LogP contribution in [0.2, 0.25) is 5.02 Å². The third kappa shape index (κ3) is 4.03. The molecule has 1 aromatic heterocycles. The van der Waals surface area contributed by atoms with E-state index in [4.69, 9.17) is 11.6 Å². The molecule has 0 bridgehead atoms. The summed E-state index contributed by atoms with van der Waals surface area (Å²) in [5.74, 6) is -1.14. The third-order valence-electron chi connectivity index (χ3n) is 4.17. The van der Waals surface area contributed by atoms with Gasteiger partial charge < -0.3 is 0 Å². The van der Waals surface area contributed by atoms with E-state index in [1.807, 2.05) is 6.07 Å². The predicted molar refractivity (Wildman–Crippen MR) is 98.6 cm³/mol. The number of thiophene rings is 1. The molecule has 2 aromatic rings. The minimum atomic E-state index is -0.717. The molecule has 0 aliphatic heterocycles. The molecule has 0 spiro atoms. The zero-order valence-corrected chi connectivity index (χ0v) is 15.3. The topological polar surface area (TPSA) is 101 Å². The Morgan fingerprint density at radius 1 is 1.08 bits per heavy atom. The van der Waals surface area contributed by atoms with E-state index in [-0.39, 0.29) is 16.3 Å². The van der Waals surface area contributed by atoms with Gasteiger partial charge in [-0.1, -0.05) is 18.0 Å². The summed E-state index contributed by atoms with van der Waals surface area (Å²) < 4.78 is 0. The lowest BCUT2D eigenvalue weighted by Crippen LogP contribution is -2.41. The van der Waals surface area contributed by atoms with Gasteiger partial charge in [-0.15, -0.1) is 11.3 Å². The van der Waals surface area contributed by atoms with Crippen molar-refractivity contribution in [3.63, 3.8) is 0 Å². The van der Waals surface area contributed by atoms with E-state index in [0.717, 1.165) is 31.7 Å². The zero-order chi connectivity index (χ0) is 18.7. The maximum atomic E-state index is 12.3. The summed E-state index contributed by atoms with van der Waals surface area (Å²) in [5, 5.41) is 10.9. The minimum Gasteiger partial charge on any atom is -0.267 e. The maximum absolute atomic E-state index is 12.3. The molecule has 1 aromatic carbocycles.